The van der Waals surface area contributed by atoms with E-state index >= 15 is 0 Å². The van der Waals surface area contributed by atoms with Crippen molar-refractivity contribution in [2.24, 2.45) is 0 Å². The quantitative estimate of drug-likeness (QED) is 0.893. The average molecular weight is 335 g/mol. The molecule has 6 heteroatoms. The average Bonchev–Trinajstić information content (AvgIpc) is 3.08. The van der Waals surface area contributed by atoms with E-state index in [-0.39, 0.29) is 23.7 Å². The Labute approximate surface area is 143 Å². The normalized spacial score (nSPS) is 26.7. The third-order valence-electron chi connectivity index (χ3n) is 5.38. The van der Waals surface area contributed by atoms with Gasteiger partial charge >= 0.3 is 0 Å². The Bertz CT molecular complexity index is 524. The van der Waals surface area contributed by atoms with Crippen molar-refractivity contribution >= 4 is 5.91 Å². The van der Waals surface area contributed by atoms with E-state index in [4.69, 9.17) is 4.74 Å². The van der Waals surface area contributed by atoms with Crippen molar-refractivity contribution in [1.29, 1.82) is 0 Å². The van der Waals surface area contributed by atoms with Crippen molar-refractivity contribution in [2.45, 2.75) is 76.2 Å². The van der Waals surface area contributed by atoms with Crippen LogP contribution in [0.3, 0.4) is 0 Å². The molecule has 2 fully saturated rings. The molecule has 2 aliphatic rings. The highest BCUT2D eigenvalue weighted by molar-refractivity contribution is 5.76. The van der Waals surface area contributed by atoms with Gasteiger partial charge in [0.15, 0.2) is 0 Å². The number of piperidine rings is 1. The van der Waals surface area contributed by atoms with E-state index in [1.54, 1.807) is 6.20 Å². The topological polar surface area (TPSA) is 67.6 Å². The van der Waals surface area contributed by atoms with Gasteiger partial charge in [0.05, 0.1) is 17.8 Å². The SMILES string of the molecule is CC[C@H]1C[C@@H](O)CC2(CCN(C(=O)CCCn3cccn3)CC2)O1. The molecule has 134 valence electrons. The number of ether oxygens (including phenoxy) is 1. The van der Waals surface area contributed by atoms with E-state index in [0.717, 1.165) is 51.7 Å². The fourth-order valence-electron chi connectivity index (χ4n) is 3.98. The maximum atomic E-state index is 12.4. The third-order valence-corrected chi connectivity index (χ3v) is 5.38. The number of aromatic nitrogens is 2. The maximum Gasteiger partial charge on any atom is 0.222 e. The minimum atomic E-state index is -0.264. The van der Waals surface area contributed by atoms with Gasteiger partial charge in [-0.3, -0.25) is 9.48 Å². The van der Waals surface area contributed by atoms with Crippen LogP contribution in [-0.4, -0.2) is 56.6 Å². The molecule has 0 saturated carbocycles. The Morgan fingerprint density at radius 3 is 2.88 bits per heavy atom. The van der Waals surface area contributed by atoms with Gasteiger partial charge in [0, 0.05) is 44.9 Å². The van der Waals surface area contributed by atoms with Crippen molar-refractivity contribution in [3.63, 3.8) is 0 Å². The van der Waals surface area contributed by atoms with Gasteiger partial charge in [-0.1, -0.05) is 6.92 Å². The van der Waals surface area contributed by atoms with Crippen LogP contribution < -0.4 is 0 Å². The Kier molecular flexibility index (Phi) is 5.56. The minimum absolute atomic E-state index is 0.157. The summed E-state index contributed by atoms with van der Waals surface area (Å²) in [6.45, 7) is 4.37. The summed E-state index contributed by atoms with van der Waals surface area (Å²) >= 11 is 0. The van der Waals surface area contributed by atoms with Crippen molar-refractivity contribution < 1.29 is 14.6 Å². The predicted molar refractivity (Wildman–Crippen MR) is 90.4 cm³/mol. The summed E-state index contributed by atoms with van der Waals surface area (Å²) in [6.07, 6.45) is 9.03. The van der Waals surface area contributed by atoms with E-state index in [2.05, 4.69) is 12.0 Å². The number of nitrogens with zero attached hydrogens (tertiary/aromatic N) is 3. The molecule has 1 N–H and O–H groups in total. The summed E-state index contributed by atoms with van der Waals surface area (Å²) < 4.78 is 8.14. The van der Waals surface area contributed by atoms with Gasteiger partial charge < -0.3 is 14.7 Å². The van der Waals surface area contributed by atoms with Gasteiger partial charge in [0.1, 0.15) is 0 Å². The van der Waals surface area contributed by atoms with Crippen molar-refractivity contribution in [1.82, 2.24) is 14.7 Å². The van der Waals surface area contributed by atoms with Crippen LogP contribution in [0.25, 0.3) is 0 Å². The molecule has 0 unspecified atom stereocenters. The maximum absolute atomic E-state index is 12.4. The van der Waals surface area contributed by atoms with E-state index in [9.17, 15) is 9.90 Å². The summed E-state index contributed by atoms with van der Waals surface area (Å²) in [5, 5.41) is 14.3. The molecule has 1 aromatic rings. The first-order chi connectivity index (χ1) is 11.6. The molecule has 2 saturated heterocycles. The van der Waals surface area contributed by atoms with Crippen molar-refractivity contribution in [3.05, 3.63) is 18.5 Å². The lowest BCUT2D eigenvalue weighted by Gasteiger charge is -2.47. The number of aliphatic hydroxyl groups is 1. The molecule has 2 aliphatic heterocycles. The zero-order chi connectivity index (χ0) is 17.0. The smallest absolute Gasteiger partial charge is 0.222 e. The number of aliphatic hydroxyl groups excluding tert-OH is 1. The Balaban J connectivity index is 1.45. The lowest BCUT2D eigenvalue weighted by Crippen LogP contribution is -2.53. The first-order valence-electron chi connectivity index (χ1n) is 9.21. The van der Waals surface area contributed by atoms with Crippen LogP contribution in [0.5, 0.6) is 0 Å². The molecule has 6 nitrogen and oxygen atoms in total. The van der Waals surface area contributed by atoms with Crippen molar-refractivity contribution in [3.8, 4) is 0 Å². The van der Waals surface area contributed by atoms with Gasteiger partial charge in [0.2, 0.25) is 5.91 Å². The number of aryl methyl sites for hydroxylation is 1. The lowest BCUT2D eigenvalue weighted by atomic mass is 9.81. The Hall–Kier alpha value is -1.40. The Morgan fingerprint density at radius 2 is 2.21 bits per heavy atom. The second-order valence-electron chi connectivity index (χ2n) is 7.18. The predicted octanol–water partition coefficient (Wildman–Crippen LogP) is 1.97. The molecule has 0 aromatic carbocycles. The van der Waals surface area contributed by atoms with Gasteiger partial charge in [-0.25, -0.2) is 0 Å². The molecule has 3 heterocycles. The minimum Gasteiger partial charge on any atom is -0.393 e. The molecule has 24 heavy (non-hydrogen) atoms. The zero-order valence-corrected chi connectivity index (χ0v) is 14.6. The molecule has 3 rings (SSSR count). The molecule has 1 amide bonds. The summed E-state index contributed by atoms with van der Waals surface area (Å²) in [7, 11) is 0. The zero-order valence-electron chi connectivity index (χ0n) is 14.6. The summed E-state index contributed by atoms with van der Waals surface area (Å²) in [5.41, 5.74) is -0.218. The summed E-state index contributed by atoms with van der Waals surface area (Å²) in [4.78, 5) is 14.3. The number of likely N-dealkylation sites (tertiary alicyclic amines) is 1. The highest BCUT2D eigenvalue weighted by Gasteiger charge is 2.43. The number of hydrogen-bond acceptors (Lipinski definition) is 4. The fourth-order valence-corrected chi connectivity index (χ4v) is 3.98. The van der Waals surface area contributed by atoms with Gasteiger partial charge in [-0.05, 0) is 38.2 Å². The van der Waals surface area contributed by atoms with E-state index in [0.29, 0.717) is 12.8 Å². The highest BCUT2D eigenvalue weighted by atomic mass is 16.5. The van der Waals surface area contributed by atoms with Gasteiger partial charge in [-0.15, -0.1) is 0 Å². The molecule has 0 aliphatic carbocycles. The number of carbonyl (C=O) groups is 1. The van der Waals surface area contributed by atoms with Crippen LogP contribution in [0, 0.1) is 0 Å². The van der Waals surface area contributed by atoms with Crippen molar-refractivity contribution in [2.75, 3.05) is 13.1 Å². The molecule has 0 bridgehead atoms. The van der Waals surface area contributed by atoms with Crippen LogP contribution in [0.4, 0.5) is 0 Å². The molecule has 0 radical (unpaired) electrons. The monoisotopic (exact) mass is 335 g/mol. The van der Waals surface area contributed by atoms with E-state index < -0.39 is 0 Å². The van der Waals surface area contributed by atoms with Crippen LogP contribution in [0.1, 0.15) is 51.9 Å². The van der Waals surface area contributed by atoms with Crippen LogP contribution in [-0.2, 0) is 16.1 Å². The lowest BCUT2D eigenvalue weighted by molar-refractivity contribution is -0.183. The molecule has 1 aromatic heterocycles. The van der Waals surface area contributed by atoms with Gasteiger partial charge in [0.25, 0.3) is 0 Å². The Morgan fingerprint density at radius 1 is 1.42 bits per heavy atom. The summed E-state index contributed by atoms with van der Waals surface area (Å²) in [5.74, 6) is 0.223. The fraction of sp³-hybridized carbons (Fsp3) is 0.778. The first kappa shape index (κ1) is 17.4. The van der Waals surface area contributed by atoms with E-state index in [1.807, 2.05) is 21.8 Å². The highest BCUT2D eigenvalue weighted by Crippen LogP contribution is 2.38. The number of carbonyl (C=O) groups excluding carboxylic acids is 1. The second-order valence-corrected chi connectivity index (χ2v) is 7.18. The molecular formula is C18H29N3O3. The van der Waals surface area contributed by atoms with Crippen LogP contribution >= 0.6 is 0 Å². The number of amides is 1. The first-order valence-corrected chi connectivity index (χ1v) is 9.21. The van der Waals surface area contributed by atoms with E-state index in [1.165, 1.54) is 0 Å². The number of hydrogen-bond donors (Lipinski definition) is 1. The number of rotatable bonds is 5. The van der Waals surface area contributed by atoms with Crippen LogP contribution in [0.15, 0.2) is 18.5 Å². The largest absolute Gasteiger partial charge is 0.393 e. The summed E-state index contributed by atoms with van der Waals surface area (Å²) in [6, 6.07) is 1.90. The molecule has 1 spiro atoms. The third kappa shape index (κ3) is 4.16. The molecule has 2 atom stereocenters. The second kappa shape index (κ2) is 7.66. The standard InChI is InChI=1S/C18H29N3O3/c1-2-16-13-15(22)14-18(24-16)6-11-20(12-7-18)17(23)5-3-9-21-10-4-8-19-21/h4,8,10,15-16,22H,2-3,5-7,9,11-14H2,1H3/t15-,16+/m1/s1. The van der Waals surface area contributed by atoms with Crippen LogP contribution in [0.2, 0.25) is 0 Å². The molecular weight excluding hydrogens is 306 g/mol. The van der Waals surface area contributed by atoms with Gasteiger partial charge in [-0.2, -0.15) is 5.10 Å².